The molecule has 0 saturated heterocycles. The van der Waals surface area contributed by atoms with Gasteiger partial charge in [0.25, 0.3) is 0 Å². The van der Waals surface area contributed by atoms with E-state index in [1.807, 2.05) is 6.07 Å². The molecular formula is C12H14Cl2O2. The Morgan fingerprint density at radius 1 is 1.19 bits per heavy atom. The van der Waals surface area contributed by atoms with Gasteiger partial charge in [-0.1, -0.05) is 11.6 Å². The molecule has 2 rings (SSSR count). The number of halogens is 2. The third kappa shape index (κ3) is 2.23. The van der Waals surface area contributed by atoms with Crippen LogP contribution in [0, 0.1) is 5.92 Å². The zero-order chi connectivity index (χ0) is 11.7. The summed E-state index contributed by atoms with van der Waals surface area (Å²) in [6.45, 7) is 0. The van der Waals surface area contributed by atoms with Crippen LogP contribution in [0.5, 0.6) is 11.5 Å². The van der Waals surface area contributed by atoms with E-state index >= 15 is 0 Å². The first-order valence-electron chi connectivity index (χ1n) is 5.23. The highest BCUT2D eigenvalue weighted by molar-refractivity contribution is 6.33. The summed E-state index contributed by atoms with van der Waals surface area (Å²) < 4.78 is 10.4. The summed E-state index contributed by atoms with van der Waals surface area (Å²) in [7, 11) is 3.20. The van der Waals surface area contributed by atoms with Crippen LogP contribution in [-0.2, 0) is 0 Å². The molecule has 1 unspecified atom stereocenters. The van der Waals surface area contributed by atoms with E-state index in [9.17, 15) is 0 Å². The Morgan fingerprint density at radius 2 is 1.75 bits per heavy atom. The SMILES string of the molecule is COc1cc(Cl)c(C(Cl)C2CC2)cc1OC. The van der Waals surface area contributed by atoms with Crippen LogP contribution in [0.3, 0.4) is 0 Å². The van der Waals surface area contributed by atoms with Gasteiger partial charge >= 0.3 is 0 Å². The summed E-state index contributed by atoms with van der Waals surface area (Å²) in [6.07, 6.45) is 2.36. The van der Waals surface area contributed by atoms with E-state index in [-0.39, 0.29) is 5.38 Å². The largest absolute Gasteiger partial charge is 0.493 e. The van der Waals surface area contributed by atoms with Gasteiger partial charge in [0.1, 0.15) is 0 Å². The molecule has 1 aliphatic carbocycles. The predicted molar refractivity (Wildman–Crippen MR) is 65.9 cm³/mol. The number of methoxy groups -OCH3 is 2. The van der Waals surface area contributed by atoms with Crippen molar-refractivity contribution in [3.05, 3.63) is 22.7 Å². The Bertz CT molecular complexity index is 389. The van der Waals surface area contributed by atoms with E-state index in [0.29, 0.717) is 22.4 Å². The molecule has 0 bridgehead atoms. The summed E-state index contributed by atoms with van der Waals surface area (Å²) in [5.41, 5.74) is 0.934. The average molecular weight is 261 g/mol. The Hall–Kier alpha value is -0.600. The first kappa shape index (κ1) is 11.9. The maximum atomic E-state index is 6.35. The van der Waals surface area contributed by atoms with Gasteiger partial charge in [0.15, 0.2) is 11.5 Å². The van der Waals surface area contributed by atoms with Gasteiger partial charge in [0, 0.05) is 11.1 Å². The number of ether oxygens (including phenoxy) is 2. The van der Waals surface area contributed by atoms with Gasteiger partial charge in [0.2, 0.25) is 0 Å². The van der Waals surface area contributed by atoms with Crippen molar-refractivity contribution in [1.82, 2.24) is 0 Å². The molecule has 0 spiro atoms. The monoisotopic (exact) mass is 260 g/mol. The highest BCUT2D eigenvalue weighted by atomic mass is 35.5. The molecule has 4 heteroatoms. The zero-order valence-electron chi connectivity index (χ0n) is 9.30. The lowest BCUT2D eigenvalue weighted by Crippen LogP contribution is -1.97. The molecule has 16 heavy (non-hydrogen) atoms. The molecule has 0 aliphatic heterocycles. The molecule has 0 heterocycles. The molecule has 1 aromatic rings. The van der Waals surface area contributed by atoms with E-state index in [2.05, 4.69) is 0 Å². The highest BCUT2D eigenvalue weighted by Crippen LogP contribution is 2.48. The number of benzene rings is 1. The summed E-state index contributed by atoms with van der Waals surface area (Å²) >= 11 is 12.5. The van der Waals surface area contributed by atoms with E-state index in [1.165, 1.54) is 12.8 Å². The fourth-order valence-corrected chi connectivity index (χ4v) is 2.48. The van der Waals surface area contributed by atoms with E-state index in [4.69, 9.17) is 32.7 Å². The van der Waals surface area contributed by atoms with Crippen LogP contribution in [0.4, 0.5) is 0 Å². The van der Waals surface area contributed by atoms with Crippen molar-refractivity contribution in [2.24, 2.45) is 5.92 Å². The van der Waals surface area contributed by atoms with Gasteiger partial charge in [-0.05, 0) is 30.4 Å². The summed E-state index contributed by atoms with van der Waals surface area (Å²) in [6, 6.07) is 3.63. The fourth-order valence-electron chi connectivity index (χ4n) is 1.72. The molecule has 0 aromatic heterocycles. The minimum Gasteiger partial charge on any atom is -0.493 e. The van der Waals surface area contributed by atoms with Gasteiger partial charge in [-0.25, -0.2) is 0 Å². The molecule has 2 nitrogen and oxygen atoms in total. The Kier molecular flexibility index (Phi) is 3.50. The van der Waals surface area contributed by atoms with Gasteiger partial charge < -0.3 is 9.47 Å². The summed E-state index contributed by atoms with van der Waals surface area (Å²) in [5.74, 6) is 1.86. The Morgan fingerprint density at radius 3 is 2.25 bits per heavy atom. The predicted octanol–water partition coefficient (Wildman–Crippen LogP) is 4.05. The average Bonchev–Trinajstić information content (AvgIpc) is 3.11. The summed E-state index contributed by atoms with van der Waals surface area (Å²) in [4.78, 5) is 0. The maximum absolute atomic E-state index is 6.35. The topological polar surface area (TPSA) is 18.5 Å². The molecule has 88 valence electrons. The van der Waals surface area contributed by atoms with Gasteiger partial charge in [-0.3, -0.25) is 0 Å². The molecule has 0 amide bonds. The van der Waals surface area contributed by atoms with Crippen molar-refractivity contribution in [2.75, 3.05) is 14.2 Å². The Balaban J connectivity index is 2.37. The van der Waals surface area contributed by atoms with Crippen LogP contribution in [-0.4, -0.2) is 14.2 Å². The smallest absolute Gasteiger partial charge is 0.162 e. The van der Waals surface area contributed by atoms with Gasteiger partial charge in [-0.15, -0.1) is 11.6 Å². The fraction of sp³-hybridized carbons (Fsp3) is 0.500. The molecular weight excluding hydrogens is 247 g/mol. The second-order valence-corrected chi connectivity index (χ2v) is 4.85. The van der Waals surface area contributed by atoms with Crippen LogP contribution in [0.15, 0.2) is 12.1 Å². The van der Waals surface area contributed by atoms with Gasteiger partial charge in [0.05, 0.1) is 19.6 Å². The van der Waals surface area contributed by atoms with E-state index in [0.717, 1.165) is 5.56 Å². The first-order chi connectivity index (χ1) is 7.67. The Labute approximate surface area is 105 Å². The maximum Gasteiger partial charge on any atom is 0.162 e. The second kappa shape index (κ2) is 4.72. The lowest BCUT2D eigenvalue weighted by Gasteiger charge is -2.14. The third-order valence-corrected chi connectivity index (χ3v) is 3.75. The quantitative estimate of drug-likeness (QED) is 0.761. The van der Waals surface area contributed by atoms with E-state index < -0.39 is 0 Å². The van der Waals surface area contributed by atoms with E-state index in [1.54, 1.807) is 20.3 Å². The molecule has 1 saturated carbocycles. The van der Waals surface area contributed by atoms with Gasteiger partial charge in [-0.2, -0.15) is 0 Å². The number of hydrogen-bond acceptors (Lipinski definition) is 2. The molecule has 1 aliphatic rings. The van der Waals surface area contributed by atoms with Crippen LogP contribution in [0.25, 0.3) is 0 Å². The van der Waals surface area contributed by atoms with Crippen molar-refractivity contribution in [2.45, 2.75) is 18.2 Å². The zero-order valence-corrected chi connectivity index (χ0v) is 10.8. The van der Waals surface area contributed by atoms with Crippen LogP contribution in [0.2, 0.25) is 5.02 Å². The highest BCUT2D eigenvalue weighted by Gasteiger charge is 2.32. The minimum atomic E-state index is -0.0210. The lowest BCUT2D eigenvalue weighted by atomic mass is 10.1. The summed E-state index contributed by atoms with van der Waals surface area (Å²) in [5, 5.41) is 0.622. The first-order valence-corrected chi connectivity index (χ1v) is 6.04. The number of alkyl halides is 1. The lowest BCUT2D eigenvalue weighted by molar-refractivity contribution is 0.354. The second-order valence-electron chi connectivity index (χ2n) is 3.97. The molecule has 1 atom stereocenters. The van der Waals surface area contributed by atoms with Crippen molar-refractivity contribution < 1.29 is 9.47 Å². The van der Waals surface area contributed by atoms with Crippen molar-refractivity contribution >= 4 is 23.2 Å². The van der Waals surface area contributed by atoms with Crippen LogP contribution in [0.1, 0.15) is 23.8 Å². The van der Waals surface area contributed by atoms with Crippen LogP contribution < -0.4 is 9.47 Å². The molecule has 0 N–H and O–H groups in total. The molecule has 1 fully saturated rings. The van der Waals surface area contributed by atoms with Crippen molar-refractivity contribution in [3.63, 3.8) is 0 Å². The van der Waals surface area contributed by atoms with Crippen molar-refractivity contribution in [1.29, 1.82) is 0 Å². The molecule has 1 aromatic carbocycles. The number of rotatable bonds is 4. The van der Waals surface area contributed by atoms with Crippen molar-refractivity contribution in [3.8, 4) is 11.5 Å². The third-order valence-electron chi connectivity index (χ3n) is 2.84. The number of hydrogen-bond donors (Lipinski definition) is 0. The normalized spacial score (nSPS) is 17.0. The standard InChI is InChI=1S/C12H14Cl2O2/c1-15-10-5-8(12(14)7-3-4-7)9(13)6-11(10)16-2/h5-7,12H,3-4H2,1-2H3. The molecule has 0 radical (unpaired) electrons. The van der Waals surface area contributed by atoms with Crippen LogP contribution >= 0.6 is 23.2 Å². The minimum absolute atomic E-state index is 0.0210.